The summed E-state index contributed by atoms with van der Waals surface area (Å²) in [5.41, 5.74) is 8.98. The van der Waals surface area contributed by atoms with Gasteiger partial charge in [0.1, 0.15) is 5.82 Å². The molecule has 0 spiro atoms. The molecule has 168 valence electrons. The van der Waals surface area contributed by atoms with Gasteiger partial charge in [0.25, 0.3) is 0 Å². The molecule has 7 heteroatoms. The molecule has 32 heavy (non-hydrogen) atoms. The molecule has 0 aliphatic heterocycles. The highest BCUT2D eigenvalue weighted by Gasteiger charge is 2.28. The van der Waals surface area contributed by atoms with Crippen LogP contribution in [0.25, 0.3) is 10.9 Å². The highest BCUT2D eigenvalue weighted by molar-refractivity contribution is 9.10. The number of amides is 2. The summed E-state index contributed by atoms with van der Waals surface area (Å²) in [4.78, 5) is 20.9. The maximum absolute atomic E-state index is 12.2. The summed E-state index contributed by atoms with van der Waals surface area (Å²) in [7, 11) is 4.11. The van der Waals surface area contributed by atoms with Crippen LogP contribution in [-0.4, -0.2) is 42.1 Å². The largest absolute Gasteiger partial charge is 0.377 e. The Morgan fingerprint density at radius 3 is 2.44 bits per heavy atom. The van der Waals surface area contributed by atoms with Crippen molar-refractivity contribution in [3.63, 3.8) is 0 Å². The SMILES string of the molecule is CN(C)c1cc(N[C@H]2CC[C@@H](N(Cc3ccc(Br)cc3)C(N)=O)CC2)nc2ccccc12. The number of nitrogens with one attached hydrogen (secondary N) is 1. The van der Waals surface area contributed by atoms with Crippen molar-refractivity contribution in [2.45, 2.75) is 44.3 Å². The van der Waals surface area contributed by atoms with Crippen LogP contribution in [0, 0.1) is 0 Å². The second-order valence-corrected chi connectivity index (χ2v) is 9.60. The first-order valence-electron chi connectivity index (χ1n) is 11.0. The van der Waals surface area contributed by atoms with E-state index in [0.717, 1.165) is 58.1 Å². The number of aromatic nitrogens is 1. The predicted molar refractivity (Wildman–Crippen MR) is 135 cm³/mol. The molecule has 2 aromatic carbocycles. The first-order chi connectivity index (χ1) is 15.4. The number of hydrogen-bond donors (Lipinski definition) is 2. The van der Waals surface area contributed by atoms with Crippen molar-refractivity contribution in [2.24, 2.45) is 5.73 Å². The van der Waals surface area contributed by atoms with E-state index in [2.05, 4.69) is 58.4 Å². The number of carbonyl (C=O) groups is 1. The molecule has 1 aliphatic carbocycles. The smallest absolute Gasteiger partial charge is 0.315 e. The lowest BCUT2D eigenvalue weighted by molar-refractivity contribution is 0.156. The van der Waals surface area contributed by atoms with Crippen molar-refractivity contribution in [3.8, 4) is 0 Å². The van der Waals surface area contributed by atoms with Crippen LogP contribution in [0.3, 0.4) is 0 Å². The fourth-order valence-electron chi connectivity index (χ4n) is 4.52. The Balaban J connectivity index is 1.42. The van der Waals surface area contributed by atoms with Crippen molar-refractivity contribution in [1.82, 2.24) is 9.88 Å². The maximum Gasteiger partial charge on any atom is 0.315 e. The number of hydrogen-bond acceptors (Lipinski definition) is 4. The topological polar surface area (TPSA) is 74.5 Å². The molecule has 0 atom stereocenters. The highest BCUT2D eigenvalue weighted by atomic mass is 79.9. The van der Waals surface area contributed by atoms with Gasteiger partial charge in [0.15, 0.2) is 0 Å². The maximum atomic E-state index is 12.2. The minimum absolute atomic E-state index is 0.163. The monoisotopic (exact) mass is 495 g/mol. The van der Waals surface area contributed by atoms with Crippen LogP contribution in [0.2, 0.25) is 0 Å². The number of anilines is 2. The van der Waals surface area contributed by atoms with Crippen molar-refractivity contribution >= 4 is 44.4 Å². The van der Waals surface area contributed by atoms with Crippen LogP contribution in [0.1, 0.15) is 31.2 Å². The number of para-hydroxylation sites is 1. The van der Waals surface area contributed by atoms with Gasteiger partial charge in [-0.25, -0.2) is 9.78 Å². The molecule has 0 saturated heterocycles. The molecular weight excluding hydrogens is 466 g/mol. The number of nitrogens with two attached hydrogens (primary N) is 1. The van der Waals surface area contributed by atoms with Crippen LogP contribution < -0.4 is 16.0 Å². The average Bonchev–Trinajstić information content (AvgIpc) is 2.78. The van der Waals surface area contributed by atoms with Gasteiger partial charge in [-0.05, 0) is 49.4 Å². The summed E-state index contributed by atoms with van der Waals surface area (Å²) in [6.07, 6.45) is 3.79. The van der Waals surface area contributed by atoms with Gasteiger partial charge < -0.3 is 20.9 Å². The van der Waals surface area contributed by atoms with Gasteiger partial charge in [0.05, 0.1) is 5.52 Å². The third-order valence-electron chi connectivity index (χ3n) is 6.21. The van der Waals surface area contributed by atoms with E-state index in [1.165, 1.54) is 0 Å². The number of carbonyl (C=O) groups excluding carboxylic acids is 1. The molecule has 1 aliphatic rings. The molecular formula is C25H30BrN5O. The molecule has 0 bridgehead atoms. The van der Waals surface area contributed by atoms with Crippen LogP contribution in [0.5, 0.6) is 0 Å². The summed E-state index contributed by atoms with van der Waals surface area (Å²) in [5, 5.41) is 4.79. The molecule has 3 N–H and O–H groups in total. The Hall–Kier alpha value is -2.80. The fourth-order valence-corrected chi connectivity index (χ4v) is 4.78. The van der Waals surface area contributed by atoms with E-state index in [9.17, 15) is 4.79 Å². The highest BCUT2D eigenvalue weighted by Crippen LogP contribution is 2.30. The van der Waals surface area contributed by atoms with Gasteiger partial charge in [-0.2, -0.15) is 0 Å². The second kappa shape index (κ2) is 9.77. The van der Waals surface area contributed by atoms with Crippen LogP contribution in [0.4, 0.5) is 16.3 Å². The average molecular weight is 496 g/mol. The lowest BCUT2D eigenvalue weighted by Gasteiger charge is -2.36. The lowest BCUT2D eigenvalue weighted by atomic mass is 9.90. The van der Waals surface area contributed by atoms with Gasteiger partial charge in [0, 0.05) is 54.3 Å². The summed E-state index contributed by atoms with van der Waals surface area (Å²) >= 11 is 3.46. The van der Waals surface area contributed by atoms with Crippen molar-refractivity contribution < 1.29 is 4.79 Å². The third kappa shape index (κ3) is 5.15. The molecule has 0 radical (unpaired) electrons. The molecule has 2 amide bonds. The predicted octanol–water partition coefficient (Wildman–Crippen LogP) is 5.37. The zero-order valence-corrected chi connectivity index (χ0v) is 20.2. The van der Waals surface area contributed by atoms with Crippen molar-refractivity contribution in [2.75, 3.05) is 24.3 Å². The first-order valence-corrected chi connectivity index (χ1v) is 11.8. The van der Waals surface area contributed by atoms with Gasteiger partial charge in [-0.15, -0.1) is 0 Å². The minimum Gasteiger partial charge on any atom is -0.377 e. The molecule has 1 saturated carbocycles. The van der Waals surface area contributed by atoms with Gasteiger partial charge in [0.2, 0.25) is 0 Å². The number of primary amides is 1. The molecule has 1 heterocycles. The van der Waals surface area contributed by atoms with E-state index >= 15 is 0 Å². The number of halogens is 1. The Kier molecular flexibility index (Phi) is 6.84. The van der Waals surface area contributed by atoms with E-state index in [4.69, 9.17) is 10.7 Å². The third-order valence-corrected chi connectivity index (χ3v) is 6.74. The number of nitrogens with zero attached hydrogens (tertiary/aromatic N) is 3. The number of rotatable bonds is 6. The Labute approximate surface area is 197 Å². The van der Waals surface area contributed by atoms with E-state index in [0.29, 0.717) is 12.6 Å². The van der Waals surface area contributed by atoms with Gasteiger partial charge >= 0.3 is 6.03 Å². The first kappa shape index (κ1) is 22.4. The Bertz CT molecular complexity index is 1080. The fraction of sp³-hybridized carbons (Fsp3) is 0.360. The van der Waals surface area contributed by atoms with E-state index < -0.39 is 0 Å². The van der Waals surface area contributed by atoms with Crippen molar-refractivity contribution in [1.29, 1.82) is 0 Å². The quantitative estimate of drug-likeness (QED) is 0.482. The van der Waals surface area contributed by atoms with E-state index in [1.807, 2.05) is 41.3 Å². The van der Waals surface area contributed by atoms with Crippen LogP contribution in [-0.2, 0) is 6.54 Å². The number of benzene rings is 2. The number of pyridine rings is 1. The lowest BCUT2D eigenvalue weighted by Crippen LogP contribution is -2.46. The van der Waals surface area contributed by atoms with Crippen molar-refractivity contribution in [3.05, 3.63) is 64.6 Å². The standard InChI is InChI=1S/C25H30BrN5O/c1-30(2)23-15-24(29-22-6-4-3-5-21(22)23)28-19-11-13-20(14-12-19)31(25(27)32)16-17-7-9-18(26)10-8-17/h3-10,15,19-20H,11-14,16H2,1-2H3,(H2,27,32)(H,28,29)/t19-,20+. The summed E-state index contributed by atoms with van der Waals surface area (Å²) in [5.74, 6) is 0.900. The summed E-state index contributed by atoms with van der Waals surface area (Å²) in [6.45, 7) is 0.545. The summed E-state index contributed by atoms with van der Waals surface area (Å²) in [6, 6.07) is 18.5. The zero-order valence-electron chi connectivity index (χ0n) is 18.6. The second-order valence-electron chi connectivity index (χ2n) is 8.68. The Morgan fingerprint density at radius 1 is 1.09 bits per heavy atom. The molecule has 1 aromatic heterocycles. The van der Waals surface area contributed by atoms with Gasteiger partial charge in [-0.3, -0.25) is 0 Å². The number of urea groups is 1. The van der Waals surface area contributed by atoms with Crippen LogP contribution in [0.15, 0.2) is 59.1 Å². The molecule has 4 rings (SSSR count). The van der Waals surface area contributed by atoms with Crippen LogP contribution >= 0.6 is 15.9 Å². The molecule has 0 unspecified atom stereocenters. The number of fused-ring (bicyclic) bond motifs is 1. The minimum atomic E-state index is -0.351. The van der Waals surface area contributed by atoms with Gasteiger partial charge in [-0.1, -0.05) is 46.3 Å². The Morgan fingerprint density at radius 2 is 1.78 bits per heavy atom. The van der Waals surface area contributed by atoms with E-state index in [1.54, 1.807) is 0 Å². The zero-order chi connectivity index (χ0) is 22.7. The molecule has 1 fully saturated rings. The summed E-state index contributed by atoms with van der Waals surface area (Å²) < 4.78 is 1.03. The molecule has 6 nitrogen and oxygen atoms in total. The van der Waals surface area contributed by atoms with E-state index in [-0.39, 0.29) is 12.1 Å². The molecule has 3 aromatic rings. The normalized spacial score (nSPS) is 18.3.